The van der Waals surface area contributed by atoms with Crippen molar-refractivity contribution in [1.29, 1.82) is 0 Å². The van der Waals surface area contributed by atoms with Gasteiger partial charge in [0.2, 0.25) is 0 Å². The van der Waals surface area contributed by atoms with Crippen LogP contribution < -0.4 is 15.4 Å². The molecule has 0 radical (unpaired) electrons. The van der Waals surface area contributed by atoms with Crippen molar-refractivity contribution in [2.24, 2.45) is 0 Å². The second-order valence-corrected chi connectivity index (χ2v) is 6.56. The zero-order chi connectivity index (χ0) is 17.8. The molecule has 3 aromatic rings. The van der Waals surface area contributed by atoms with Crippen LogP contribution in [-0.2, 0) is 6.54 Å². The smallest absolute Gasteiger partial charge is 0.261 e. The number of methoxy groups -OCH3 is 1. The summed E-state index contributed by atoms with van der Waals surface area (Å²) in [5.74, 6) is 0.482. The van der Waals surface area contributed by atoms with E-state index < -0.39 is 0 Å². The van der Waals surface area contributed by atoms with Gasteiger partial charge in [-0.15, -0.1) is 11.3 Å². The Balaban J connectivity index is 1.74. The molecule has 2 aromatic carbocycles. The predicted molar refractivity (Wildman–Crippen MR) is 99.4 cm³/mol. The van der Waals surface area contributed by atoms with Crippen LogP contribution in [0.4, 0.5) is 0 Å². The summed E-state index contributed by atoms with van der Waals surface area (Å²) in [6.45, 7) is 0.418. The third-order valence-corrected chi connectivity index (χ3v) is 4.93. The molecular weight excluding hydrogens is 336 g/mol. The van der Waals surface area contributed by atoms with E-state index in [1.807, 2.05) is 30.3 Å². The van der Waals surface area contributed by atoms with Gasteiger partial charge in [0.05, 0.1) is 12.0 Å². The highest BCUT2D eigenvalue weighted by Gasteiger charge is 2.11. The molecule has 1 aromatic heterocycles. The standard InChI is InChI=1S/C19H18N2O3S/c1-20-19(23)17-10-14-9-13(6-7-16(14)25-17)18(22)21-11-12-4-3-5-15(8-12)24-2/h3-10H,11H2,1-2H3,(H,20,23)(H,21,22). The monoisotopic (exact) mass is 354 g/mol. The number of carbonyl (C=O) groups is 2. The Hall–Kier alpha value is -2.86. The number of benzene rings is 2. The molecule has 0 fully saturated rings. The summed E-state index contributed by atoms with van der Waals surface area (Å²) in [5, 5.41) is 6.40. The first-order valence-electron chi connectivity index (χ1n) is 7.77. The third-order valence-electron chi connectivity index (χ3n) is 3.82. The predicted octanol–water partition coefficient (Wildman–Crippen LogP) is 3.20. The van der Waals surface area contributed by atoms with Crippen LogP contribution in [0.3, 0.4) is 0 Å². The second-order valence-electron chi connectivity index (χ2n) is 5.48. The second kappa shape index (κ2) is 7.36. The SMILES string of the molecule is CNC(=O)c1cc2cc(C(=O)NCc3cccc(OC)c3)ccc2s1. The molecule has 0 aliphatic carbocycles. The van der Waals surface area contributed by atoms with Crippen molar-refractivity contribution in [1.82, 2.24) is 10.6 Å². The molecule has 0 saturated heterocycles. The Morgan fingerprint density at radius 2 is 1.92 bits per heavy atom. The largest absolute Gasteiger partial charge is 0.497 e. The summed E-state index contributed by atoms with van der Waals surface area (Å²) in [6, 6.07) is 14.8. The first-order chi connectivity index (χ1) is 12.1. The maximum atomic E-state index is 12.4. The number of amides is 2. The Kier molecular flexibility index (Phi) is 5.00. The Morgan fingerprint density at radius 3 is 2.68 bits per heavy atom. The number of hydrogen-bond acceptors (Lipinski definition) is 4. The topological polar surface area (TPSA) is 67.4 Å². The highest BCUT2D eigenvalue weighted by atomic mass is 32.1. The fourth-order valence-electron chi connectivity index (χ4n) is 2.49. The fourth-order valence-corrected chi connectivity index (χ4v) is 3.48. The molecule has 0 bridgehead atoms. The van der Waals surface area contributed by atoms with Gasteiger partial charge in [-0.05, 0) is 47.3 Å². The van der Waals surface area contributed by atoms with Crippen molar-refractivity contribution >= 4 is 33.2 Å². The molecule has 3 rings (SSSR count). The van der Waals surface area contributed by atoms with Crippen molar-refractivity contribution < 1.29 is 14.3 Å². The zero-order valence-corrected chi connectivity index (χ0v) is 14.8. The van der Waals surface area contributed by atoms with E-state index in [0.29, 0.717) is 17.0 Å². The van der Waals surface area contributed by atoms with E-state index in [-0.39, 0.29) is 11.8 Å². The van der Waals surface area contributed by atoms with Crippen molar-refractivity contribution in [2.45, 2.75) is 6.54 Å². The van der Waals surface area contributed by atoms with Crippen LogP contribution in [-0.4, -0.2) is 26.0 Å². The quantitative estimate of drug-likeness (QED) is 0.739. The number of fused-ring (bicyclic) bond motifs is 1. The van der Waals surface area contributed by atoms with Gasteiger partial charge in [-0.3, -0.25) is 9.59 Å². The number of rotatable bonds is 5. The summed E-state index contributed by atoms with van der Waals surface area (Å²) >= 11 is 1.41. The number of carbonyl (C=O) groups excluding carboxylic acids is 2. The maximum Gasteiger partial charge on any atom is 0.261 e. The minimum Gasteiger partial charge on any atom is -0.497 e. The summed E-state index contributed by atoms with van der Waals surface area (Å²) < 4.78 is 6.16. The van der Waals surface area contributed by atoms with Crippen LogP contribution in [0, 0.1) is 0 Å². The van der Waals surface area contributed by atoms with E-state index in [1.54, 1.807) is 32.4 Å². The maximum absolute atomic E-state index is 12.4. The van der Waals surface area contributed by atoms with Gasteiger partial charge in [-0.25, -0.2) is 0 Å². The highest BCUT2D eigenvalue weighted by molar-refractivity contribution is 7.20. The molecular formula is C19H18N2O3S. The summed E-state index contributed by atoms with van der Waals surface area (Å²) in [7, 11) is 3.21. The first-order valence-corrected chi connectivity index (χ1v) is 8.59. The molecule has 0 unspecified atom stereocenters. The molecule has 1 heterocycles. The van der Waals surface area contributed by atoms with Gasteiger partial charge in [0.15, 0.2) is 0 Å². The van der Waals surface area contributed by atoms with E-state index in [2.05, 4.69) is 10.6 Å². The molecule has 0 saturated carbocycles. The van der Waals surface area contributed by atoms with Crippen LogP contribution >= 0.6 is 11.3 Å². The Labute approximate surface area is 149 Å². The lowest BCUT2D eigenvalue weighted by Crippen LogP contribution is -2.22. The van der Waals surface area contributed by atoms with Crippen LogP contribution in [0.5, 0.6) is 5.75 Å². The van der Waals surface area contributed by atoms with Gasteiger partial charge < -0.3 is 15.4 Å². The lowest BCUT2D eigenvalue weighted by molar-refractivity contribution is 0.0948. The first kappa shape index (κ1) is 17.0. The van der Waals surface area contributed by atoms with E-state index in [0.717, 1.165) is 21.4 Å². The summed E-state index contributed by atoms with van der Waals surface area (Å²) in [4.78, 5) is 24.7. The third kappa shape index (κ3) is 3.80. The van der Waals surface area contributed by atoms with Crippen LogP contribution in [0.15, 0.2) is 48.5 Å². The van der Waals surface area contributed by atoms with Crippen molar-refractivity contribution in [3.05, 3.63) is 64.5 Å². The van der Waals surface area contributed by atoms with Crippen molar-refractivity contribution in [2.75, 3.05) is 14.2 Å². The van der Waals surface area contributed by atoms with Gasteiger partial charge in [0.1, 0.15) is 5.75 Å². The van der Waals surface area contributed by atoms with Crippen LogP contribution in [0.2, 0.25) is 0 Å². The van der Waals surface area contributed by atoms with Crippen LogP contribution in [0.1, 0.15) is 25.6 Å². The fraction of sp³-hybridized carbons (Fsp3) is 0.158. The minimum atomic E-state index is -0.155. The highest BCUT2D eigenvalue weighted by Crippen LogP contribution is 2.26. The number of nitrogens with one attached hydrogen (secondary N) is 2. The van der Waals surface area contributed by atoms with Gasteiger partial charge in [0.25, 0.3) is 11.8 Å². The average molecular weight is 354 g/mol. The molecule has 0 aliphatic rings. The summed E-state index contributed by atoms with van der Waals surface area (Å²) in [5.41, 5.74) is 1.53. The van der Waals surface area contributed by atoms with E-state index >= 15 is 0 Å². The van der Waals surface area contributed by atoms with Crippen molar-refractivity contribution in [3.8, 4) is 5.75 Å². The lowest BCUT2D eigenvalue weighted by atomic mass is 10.1. The lowest BCUT2D eigenvalue weighted by Gasteiger charge is -2.07. The molecule has 6 heteroatoms. The summed E-state index contributed by atoms with van der Waals surface area (Å²) in [6.07, 6.45) is 0. The van der Waals surface area contributed by atoms with Gasteiger partial charge in [0, 0.05) is 23.9 Å². The minimum absolute atomic E-state index is 0.120. The molecule has 2 amide bonds. The van der Waals surface area contributed by atoms with Gasteiger partial charge in [-0.2, -0.15) is 0 Å². The number of thiophene rings is 1. The van der Waals surface area contributed by atoms with E-state index in [4.69, 9.17) is 4.74 Å². The normalized spacial score (nSPS) is 10.5. The molecule has 2 N–H and O–H groups in total. The number of hydrogen-bond donors (Lipinski definition) is 2. The van der Waals surface area contributed by atoms with E-state index in [1.165, 1.54) is 11.3 Å². The zero-order valence-electron chi connectivity index (χ0n) is 14.0. The number of ether oxygens (including phenoxy) is 1. The van der Waals surface area contributed by atoms with E-state index in [9.17, 15) is 9.59 Å². The molecule has 0 spiro atoms. The van der Waals surface area contributed by atoms with Gasteiger partial charge in [-0.1, -0.05) is 12.1 Å². The Bertz CT molecular complexity index is 933. The average Bonchev–Trinajstić information content (AvgIpc) is 3.08. The van der Waals surface area contributed by atoms with Crippen molar-refractivity contribution in [3.63, 3.8) is 0 Å². The van der Waals surface area contributed by atoms with Gasteiger partial charge >= 0.3 is 0 Å². The Morgan fingerprint density at radius 1 is 1.08 bits per heavy atom. The van der Waals surface area contributed by atoms with Crippen LogP contribution in [0.25, 0.3) is 10.1 Å². The molecule has 0 aliphatic heterocycles. The molecule has 0 atom stereocenters. The molecule has 5 nitrogen and oxygen atoms in total. The molecule has 25 heavy (non-hydrogen) atoms. The molecule has 128 valence electrons.